The Morgan fingerprint density at radius 3 is 2.94 bits per heavy atom. The van der Waals surface area contributed by atoms with E-state index in [-0.39, 0.29) is 13.2 Å². The van der Waals surface area contributed by atoms with Gasteiger partial charge in [0.15, 0.2) is 0 Å². The van der Waals surface area contributed by atoms with Crippen LogP contribution in [0.4, 0.5) is 0 Å². The average molecular weight is 248 g/mol. The maximum atomic E-state index is 11.3. The highest BCUT2D eigenvalue weighted by atomic mass is 31.2. The molecule has 0 radical (unpaired) electrons. The fourth-order valence-corrected chi connectivity index (χ4v) is 2.24. The van der Waals surface area contributed by atoms with E-state index in [2.05, 4.69) is 14.0 Å². The maximum absolute atomic E-state index is 11.3. The minimum absolute atomic E-state index is 0.0418. The Morgan fingerprint density at radius 2 is 2.38 bits per heavy atom. The van der Waals surface area contributed by atoms with Crippen molar-refractivity contribution in [1.82, 2.24) is 9.55 Å². The van der Waals surface area contributed by atoms with E-state index in [0.29, 0.717) is 0 Å². The number of hydrogen-bond acceptors (Lipinski definition) is 5. The smallest absolute Gasteiger partial charge is 0.302 e. The van der Waals surface area contributed by atoms with E-state index < -0.39 is 25.2 Å². The van der Waals surface area contributed by atoms with Crippen LogP contribution in [0.2, 0.25) is 0 Å². The van der Waals surface area contributed by atoms with Crippen LogP contribution in [0.3, 0.4) is 0 Å². The summed E-state index contributed by atoms with van der Waals surface area (Å²) in [5.41, 5.74) is -1.10. The number of nitrogens with one attached hydrogen (secondary N) is 1. The van der Waals surface area contributed by atoms with Crippen LogP contribution in [0.5, 0.6) is 0 Å². The first-order valence-corrected chi connectivity index (χ1v) is 5.91. The number of aromatic nitrogens is 2. The van der Waals surface area contributed by atoms with Crippen molar-refractivity contribution < 1.29 is 18.5 Å². The van der Waals surface area contributed by atoms with Gasteiger partial charge in [-0.15, -0.1) is 0 Å². The number of nitrogens with zero attached hydrogens (tertiary/aromatic N) is 1. The highest BCUT2D eigenvalue weighted by Crippen LogP contribution is 2.49. The summed E-state index contributed by atoms with van der Waals surface area (Å²) in [6, 6.07) is 1.18. The molecule has 16 heavy (non-hydrogen) atoms. The van der Waals surface area contributed by atoms with Crippen molar-refractivity contribution in [3.8, 4) is 0 Å². The Balaban J connectivity index is 2.14. The van der Waals surface area contributed by atoms with Crippen LogP contribution in [0.15, 0.2) is 21.9 Å². The summed E-state index contributed by atoms with van der Waals surface area (Å²) >= 11 is 0. The summed E-state index contributed by atoms with van der Waals surface area (Å²) in [7, 11) is -3.95. The summed E-state index contributed by atoms with van der Waals surface area (Å²) < 4.78 is 21.3. The van der Waals surface area contributed by atoms with Gasteiger partial charge in [0.2, 0.25) is 0 Å². The Morgan fingerprint density at radius 1 is 1.62 bits per heavy atom. The summed E-state index contributed by atoms with van der Waals surface area (Å²) in [5.74, 6) is 0. The van der Waals surface area contributed by atoms with Crippen LogP contribution >= 0.6 is 7.82 Å². The highest BCUT2D eigenvalue weighted by Gasteiger charge is 2.35. The Labute approximate surface area is 89.1 Å². The Hall–Kier alpha value is -1.21. The van der Waals surface area contributed by atoms with Crippen LogP contribution in [0, 0.1) is 0 Å². The summed E-state index contributed by atoms with van der Waals surface area (Å²) in [6.07, 6.45) is 0.602. The van der Waals surface area contributed by atoms with Crippen molar-refractivity contribution in [2.45, 2.75) is 12.6 Å². The molecule has 1 aliphatic heterocycles. The van der Waals surface area contributed by atoms with Gasteiger partial charge in [-0.1, -0.05) is 0 Å². The van der Waals surface area contributed by atoms with Crippen molar-refractivity contribution in [2.75, 3.05) is 6.61 Å². The van der Waals surface area contributed by atoms with Crippen LogP contribution < -0.4 is 11.2 Å². The molecule has 1 fully saturated rings. The normalized spacial score (nSPS) is 29.4. The first-order valence-electron chi connectivity index (χ1n) is 4.42. The number of phosphoric ester groups is 1. The third-order valence-electron chi connectivity index (χ3n) is 2.00. The van der Waals surface area contributed by atoms with Gasteiger partial charge in [0, 0.05) is 12.3 Å². The van der Waals surface area contributed by atoms with Crippen LogP contribution in [0.25, 0.3) is 0 Å². The lowest BCUT2D eigenvalue weighted by Crippen LogP contribution is -2.32. The third kappa shape index (κ3) is 2.48. The lowest BCUT2D eigenvalue weighted by Gasteiger charge is -2.08. The quantitative estimate of drug-likeness (QED) is 0.653. The molecule has 1 aliphatic rings. The first kappa shape index (κ1) is 11.3. The van der Waals surface area contributed by atoms with Gasteiger partial charge in [-0.3, -0.25) is 23.4 Å². The predicted octanol–water partition coefficient (Wildman–Crippen LogP) is -0.948. The van der Waals surface area contributed by atoms with E-state index in [1.54, 1.807) is 0 Å². The molecule has 0 spiro atoms. The molecule has 0 saturated carbocycles. The molecule has 2 N–H and O–H groups in total. The van der Waals surface area contributed by atoms with Crippen molar-refractivity contribution >= 4 is 7.82 Å². The molecule has 8 nitrogen and oxygen atoms in total. The fraction of sp³-hybridized carbons (Fsp3) is 0.429. The minimum Gasteiger partial charge on any atom is -0.302 e. The molecular formula is C7H9N2O6P. The lowest BCUT2D eigenvalue weighted by molar-refractivity contribution is 0.193. The van der Waals surface area contributed by atoms with E-state index in [1.165, 1.54) is 16.8 Å². The lowest BCUT2D eigenvalue weighted by atomic mass is 10.4. The molecule has 2 unspecified atom stereocenters. The van der Waals surface area contributed by atoms with Crippen molar-refractivity contribution in [3.05, 3.63) is 33.1 Å². The zero-order valence-corrected chi connectivity index (χ0v) is 8.92. The van der Waals surface area contributed by atoms with E-state index in [1.807, 2.05) is 0 Å². The molecule has 2 heterocycles. The molecule has 0 aromatic carbocycles. The van der Waals surface area contributed by atoms with Gasteiger partial charge in [-0.25, -0.2) is 9.36 Å². The number of hydrogen-bond donors (Lipinski definition) is 2. The van der Waals surface area contributed by atoms with Crippen LogP contribution in [0.1, 0.15) is 0 Å². The minimum atomic E-state index is -3.95. The van der Waals surface area contributed by atoms with E-state index in [9.17, 15) is 14.2 Å². The molecule has 88 valence electrons. The topological polar surface area (TPSA) is 111 Å². The summed E-state index contributed by atoms with van der Waals surface area (Å²) in [6.45, 7) is -0.0283. The number of rotatable bonds is 2. The fourth-order valence-electron chi connectivity index (χ4n) is 1.32. The molecular weight excluding hydrogens is 239 g/mol. The standard InChI is InChI=1S/C7H9N2O6P/c10-6-1-2-9(7(11)8-6)3-5-4-14-16(12,13)15-5/h1-2,5H,3-4H2,(H,12,13)(H,8,10,11). The van der Waals surface area contributed by atoms with Gasteiger partial charge < -0.3 is 4.89 Å². The third-order valence-corrected chi connectivity index (χ3v) is 3.04. The molecule has 0 bridgehead atoms. The molecule has 0 aliphatic carbocycles. The SMILES string of the molecule is O=c1ccn(CC2COP(=O)(O)O2)c(=O)[nH]1. The second kappa shape index (κ2) is 3.99. The molecule has 1 aromatic heterocycles. The predicted molar refractivity (Wildman–Crippen MR) is 52.0 cm³/mol. The van der Waals surface area contributed by atoms with Crippen molar-refractivity contribution in [3.63, 3.8) is 0 Å². The summed E-state index contributed by atoms with van der Waals surface area (Å²) in [5, 5.41) is 0. The van der Waals surface area contributed by atoms with E-state index in [4.69, 9.17) is 4.89 Å². The van der Waals surface area contributed by atoms with Gasteiger partial charge in [-0.2, -0.15) is 0 Å². The summed E-state index contributed by atoms with van der Waals surface area (Å²) in [4.78, 5) is 33.0. The molecule has 1 aromatic rings. The molecule has 1 saturated heterocycles. The van der Waals surface area contributed by atoms with Crippen LogP contribution in [-0.4, -0.2) is 27.2 Å². The molecule has 2 atom stereocenters. The zero-order chi connectivity index (χ0) is 11.8. The second-order valence-corrected chi connectivity index (χ2v) is 4.66. The Kier molecular flexibility index (Phi) is 2.81. The zero-order valence-electron chi connectivity index (χ0n) is 8.03. The van der Waals surface area contributed by atoms with Gasteiger partial charge >= 0.3 is 13.5 Å². The first-order chi connectivity index (χ1) is 7.46. The average Bonchev–Trinajstić information content (AvgIpc) is 2.51. The van der Waals surface area contributed by atoms with Crippen LogP contribution in [-0.2, 0) is 20.2 Å². The molecule has 2 rings (SSSR count). The van der Waals surface area contributed by atoms with E-state index >= 15 is 0 Å². The second-order valence-electron chi connectivity index (χ2n) is 3.25. The van der Waals surface area contributed by atoms with Gasteiger partial charge in [0.1, 0.15) is 6.10 Å². The van der Waals surface area contributed by atoms with Gasteiger partial charge in [0.25, 0.3) is 5.56 Å². The van der Waals surface area contributed by atoms with Crippen molar-refractivity contribution in [2.24, 2.45) is 0 Å². The molecule has 9 heteroatoms. The largest absolute Gasteiger partial charge is 0.472 e. The van der Waals surface area contributed by atoms with Crippen molar-refractivity contribution in [1.29, 1.82) is 0 Å². The maximum Gasteiger partial charge on any atom is 0.472 e. The Bertz CT molecular complexity index is 548. The number of H-pyrrole nitrogens is 1. The monoisotopic (exact) mass is 248 g/mol. The molecule has 0 amide bonds. The number of aromatic amines is 1. The van der Waals surface area contributed by atoms with Gasteiger partial charge in [-0.05, 0) is 0 Å². The highest BCUT2D eigenvalue weighted by molar-refractivity contribution is 7.47. The van der Waals surface area contributed by atoms with Gasteiger partial charge in [0.05, 0.1) is 13.2 Å². The number of phosphoric acid groups is 1. The van der Waals surface area contributed by atoms with E-state index in [0.717, 1.165) is 0 Å².